The van der Waals surface area contributed by atoms with Gasteiger partial charge in [0.15, 0.2) is 17.4 Å². The van der Waals surface area contributed by atoms with Gasteiger partial charge in [-0.2, -0.15) is 5.10 Å². The zero-order chi connectivity index (χ0) is 28.3. The summed E-state index contributed by atoms with van der Waals surface area (Å²) in [6.45, 7) is 15.9. The summed E-state index contributed by atoms with van der Waals surface area (Å²) in [6, 6.07) is 8.35. The largest absolute Gasteiger partial charge is 0.378 e. The van der Waals surface area contributed by atoms with Gasteiger partial charge in [0.2, 0.25) is 0 Å². The fourth-order valence-electron chi connectivity index (χ4n) is 5.58. The number of aromatic amines is 1. The summed E-state index contributed by atoms with van der Waals surface area (Å²) >= 11 is 1.80. The zero-order valence-electron chi connectivity index (χ0n) is 23.9. The molecule has 0 radical (unpaired) electrons. The highest BCUT2D eigenvalue weighted by Gasteiger charge is 2.23. The van der Waals surface area contributed by atoms with Gasteiger partial charge in [-0.1, -0.05) is 24.3 Å². The highest BCUT2D eigenvalue weighted by atomic mass is 32.1. The molecule has 0 unspecified atom stereocenters. The molecular formula is C31H37N7O2S. The molecule has 0 atom stereocenters. The van der Waals surface area contributed by atoms with Gasteiger partial charge in [-0.15, -0.1) is 11.3 Å². The van der Waals surface area contributed by atoms with Crippen molar-refractivity contribution in [3.8, 4) is 11.4 Å². The summed E-state index contributed by atoms with van der Waals surface area (Å²) in [5.41, 5.74) is 5.06. The topological polar surface area (TPSA) is 90.5 Å². The van der Waals surface area contributed by atoms with Crippen LogP contribution in [0.15, 0.2) is 54.4 Å². The van der Waals surface area contributed by atoms with Gasteiger partial charge in [0, 0.05) is 73.8 Å². The first-order valence-corrected chi connectivity index (χ1v) is 15.1. The van der Waals surface area contributed by atoms with Gasteiger partial charge in [-0.25, -0.2) is 9.97 Å². The molecule has 41 heavy (non-hydrogen) atoms. The molecule has 1 aromatic carbocycles. The Labute approximate surface area is 244 Å². The molecule has 2 fully saturated rings. The Morgan fingerprint density at radius 2 is 1.90 bits per heavy atom. The summed E-state index contributed by atoms with van der Waals surface area (Å²) in [5, 5.41) is 8.32. The van der Waals surface area contributed by atoms with E-state index in [1.54, 1.807) is 17.4 Å². The maximum Gasteiger partial charge on any atom is 0.162 e. The standard InChI is InChI=1S/C31H37N7O2S/c1-21(2)17-23(39)8-7-22(3)37-11-9-36(10-12-37)20-24-18-28-29(41-24)31(38-13-15-40-16-14-38)34-30(33-28)25-5-4-6-27-26(25)19-32-35-27/h4-6,17-19H,3,7-16,20H2,1-2H3,(H,32,35). The minimum atomic E-state index is 0.179. The second kappa shape index (κ2) is 12.1. The summed E-state index contributed by atoms with van der Waals surface area (Å²) in [7, 11) is 0. The Hall–Kier alpha value is -3.60. The quantitative estimate of drug-likeness (QED) is 0.280. The van der Waals surface area contributed by atoms with E-state index >= 15 is 0 Å². The van der Waals surface area contributed by atoms with E-state index in [9.17, 15) is 4.79 Å². The van der Waals surface area contributed by atoms with Crippen molar-refractivity contribution in [1.29, 1.82) is 0 Å². The van der Waals surface area contributed by atoms with Crippen LogP contribution in [-0.4, -0.2) is 88.2 Å². The first kappa shape index (κ1) is 27.6. The maximum atomic E-state index is 12.1. The Kier molecular flexibility index (Phi) is 8.13. The lowest BCUT2D eigenvalue weighted by atomic mass is 10.1. The van der Waals surface area contributed by atoms with Crippen LogP contribution in [0.25, 0.3) is 32.5 Å². The monoisotopic (exact) mass is 571 g/mol. The molecule has 0 saturated carbocycles. The predicted molar refractivity (Wildman–Crippen MR) is 165 cm³/mol. The molecule has 0 aliphatic carbocycles. The number of ketones is 1. The van der Waals surface area contributed by atoms with Crippen LogP contribution < -0.4 is 4.90 Å². The van der Waals surface area contributed by atoms with E-state index in [0.717, 1.165) is 102 Å². The van der Waals surface area contributed by atoms with Crippen molar-refractivity contribution in [2.45, 2.75) is 33.2 Å². The Balaban J connectivity index is 1.19. The molecule has 0 spiro atoms. The number of benzene rings is 1. The van der Waals surface area contributed by atoms with Gasteiger partial charge in [0.25, 0.3) is 0 Å². The number of H-pyrrole nitrogens is 1. The van der Waals surface area contributed by atoms with Crippen LogP contribution in [-0.2, 0) is 16.1 Å². The van der Waals surface area contributed by atoms with E-state index in [1.165, 1.54) is 4.88 Å². The van der Waals surface area contributed by atoms with Gasteiger partial charge in [-0.05, 0) is 38.5 Å². The zero-order valence-corrected chi connectivity index (χ0v) is 24.7. The van der Waals surface area contributed by atoms with Crippen LogP contribution in [0.1, 0.15) is 31.6 Å². The number of carbonyl (C=O) groups is 1. The third-order valence-corrected chi connectivity index (χ3v) is 8.85. The van der Waals surface area contributed by atoms with Crippen molar-refractivity contribution in [2.75, 3.05) is 57.4 Å². The number of aromatic nitrogens is 4. The van der Waals surface area contributed by atoms with E-state index in [2.05, 4.69) is 43.6 Å². The van der Waals surface area contributed by atoms with Gasteiger partial charge < -0.3 is 14.5 Å². The Bertz CT molecular complexity index is 1590. The third kappa shape index (κ3) is 6.19. The smallest absolute Gasteiger partial charge is 0.162 e. The fourth-order valence-corrected chi connectivity index (χ4v) is 6.73. The van der Waals surface area contributed by atoms with E-state index < -0.39 is 0 Å². The molecule has 1 N–H and O–H groups in total. The molecule has 4 aromatic rings. The van der Waals surface area contributed by atoms with Crippen molar-refractivity contribution >= 4 is 44.1 Å². The first-order chi connectivity index (χ1) is 19.9. The lowest BCUT2D eigenvalue weighted by molar-refractivity contribution is -0.114. The second-order valence-electron chi connectivity index (χ2n) is 11.1. The second-order valence-corrected chi connectivity index (χ2v) is 12.2. The summed E-state index contributed by atoms with van der Waals surface area (Å²) < 4.78 is 6.78. The van der Waals surface area contributed by atoms with Gasteiger partial charge >= 0.3 is 0 Å². The molecule has 2 saturated heterocycles. The molecule has 3 aromatic heterocycles. The average molecular weight is 572 g/mol. The number of hydrogen-bond donors (Lipinski definition) is 1. The number of rotatable bonds is 9. The number of nitrogens with zero attached hydrogens (tertiary/aromatic N) is 6. The van der Waals surface area contributed by atoms with Gasteiger partial charge in [0.05, 0.1) is 35.1 Å². The minimum absolute atomic E-state index is 0.179. The minimum Gasteiger partial charge on any atom is -0.378 e. The SMILES string of the molecule is C=C(CCC(=O)C=C(C)C)N1CCN(Cc2cc3nc(-c4cccc5[nH]ncc45)nc(N4CCOCC4)c3s2)CC1. The molecular weight excluding hydrogens is 534 g/mol. The van der Waals surface area contributed by atoms with E-state index in [0.29, 0.717) is 19.6 Å². The normalized spacial score (nSPS) is 16.4. The maximum absolute atomic E-state index is 12.1. The summed E-state index contributed by atoms with van der Waals surface area (Å²) in [6.07, 6.45) is 4.82. The Morgan fingerprint density at radius 3 is 2.68 bits per heavy atom. The number of fused-ring (bicyclic) bond motifs is 2. The lowest BCUT2D eigenvalue weighted by Gasteiger charge is -2.36. The number of hydrogen-bond acceptors (Lipinski definition) is 9. The highest BCUT2D eigenvalue weighted by molar-refractivity contribution is 7.19. The molecule has 0 bridgehead atoms. The number of nitrogens with one attached hydrogen (secondary N) is 1. The van der Waals surface area contributed by atoms with Crippen LogP contribution in [0.3, 0.4) is 0 Å². The van der Waals surface area contributed by atoms with Gasteiger partial charge in [0.1, 0.15) is 0 Å². The number of allylic oxidation sites excluding steroid dienone is 3. The van der Waals surface area contributed by atoms with Gasteiger partial charge in [-0.3, -0.25) is 14.8 Å². The summed E-state index contributed by atoms with van der Waals surface area (Å²) in [4.78, 5) is 30.7. The summed E-state index contributed by atoms with van der Waals surface area (Å²) in [5.74, 6) is 1.90. The van der Waals surface area contributed by atoms with Crippen molar-refractivity contribution in [1.82, 2.24) is 30.0 Å². The number of morpholine rings is 1. The number of anilines is 1. The highest BCUT2D eigenvalue weighted by Crippen LogP contribution is 2.36. The number of ether oxygens (including phenoxy) is 1. The molecule has 9 nitrogen and oxygen atoms in total. The molecule has 10 heteroatoms. The van der Waals surface area contributed by atoms with E-state index in [-0.39, 0.29) is 5.78 Å². The number of carbonyl (C=O) groups excluding carboxylic acids is 1. The lowest BCUT2D eigenvalue weighted by Crippen LogP contribution is -2.45. The van der Waals surface area contributed by atoms with Crippen LogP contribution in [0, 0.1) is 0 Å². The average Bonchev–Trinajstić information content (AvgIpc) is 3.62. The van der Waals surface area contributed by atoms with Crippen LogP contribution in [0.5, 0.6) is 0 Å². The fraction of sp³-hybridized carbons (Fsp3) is 0.419. The molecule has 214 valence electrons. The van der Waals surface area contributed by atoms with Crippen LogP contribution in [0.2, 0.25) is 0 Å². The van der Waals surface area contributed by atoms with Crippen molar-refractivity contribution < 1.29 is 9.53 Å². The number of piperazine rings is 1. The molecule has 2 aliphatic rings. The predicted octanol–water partition coefficient (Wildman–Crippen LogP) is 5.02. The van der Waals surface area contributed by atoms with Crippen LogP contribution in [0.4, 0.5) is 5.82 Å². The van der Waals surface area contributed by atoms with Crippen molar-refractivity contribution in [3.05, 3.63) is 59.3 Å². The van der Waals surface area contributed by atoms with E-state index in [4.69, 9.17) is 14.7 Å². The Morgan fingerprint density at radius 1 is 1.10 bits per heavy atom. The van der Waals surface area contributed by atoms with E-state index in [1.807, 2.05) is 32.2 Å². The number of thiophene rings is 1. The molecule has 0 amide bonds. The molecule has 6 rings (SSSR count). The van der Waals surface area contributed by atoms with Crippen molar-refractivity contribution in [2.24, 2.45) is 0 Å². The van der Waals surface area contributed by atoms with Crippen LogP contribution >= 0.6 is 11.3 Å². The molecule has 2 aliphatic heterocycles. The third-order valence-electron chi connectivity index (χ3n) is 7.75. The molecule has 5 heterocycles. The first-order valence-electron chi connectivity index (χ1n) is 14.3. The van der Waals surface area contributed by atoms with Crippen molar-refractivity contribution in [3.63, 3.8) is 0 Å².